The lowest BCUT2D eigenvalue weighted by atomic mass is 10.2. The van der Waals surface area contributed by atoms with Gasteiger partial charge in [-0.15, -0.1) is 0 Å². The van der Waals surface area contributed by atoms with E-state index in [0.29, 0.717) is 22.6 Å². The number of nitrogens with one attached hydrogen (secondary N) is 1. The fraction of sp³-hybridized carbons (Fsp3) is 0. The molecule has 1 heterocycles. The average Bonchev–Trinajstić information content (AvgIpc) is 3.20. The van der Waals surface area contributed by atoms with Crippen molar-refractivity contribution in [1.29, 1.82) is 0 Å². The van der Waals surface area contributed by atoms with Gasteiger partial charge in [-0.1, -0.05) is 34.1 Å². The second kappa shape index (κ2) is 9.48. The van der Waals surface area contributed by atoms with Crippen LogP contribution < -0.4 is 10.2 Å². The molecular formula is C21H15BrN2O4. The van der Waals surface area contributed by atoms with E-state index in [4.69, 9.17) is 9.15 Å². The Morgan fingerprint density at radius 2 is 1.93 bits per heavy atom. The number of carbonyl (C=O) groups is 2. The van der Waals surface area contributed by atoms with E-state index in [9.17, 15) is 9.59 Å². The summed E-state index contributed by atoms with van der Waals surface area (Å²) < 4.78 is 11.2. The number of hydrogen-bond acceptors (Lipinski definition) is 5. The van der Waals surface area contributed by atoms with Gasteiger partial charge in [-0.3, -0.25) is 4.79 Å². The van der Waals surface area contributed by atoms with Gasteiger partial charge < -0.3 is 9.15 Å². The quantitative estimate of drug-likeness (QED) is 0.203. The number of carbonyl (C=O) groups excluding carboxylic acids is 2. The molecule has 0 spiro atoms. The molecule has 0 atom stereocenters. The zero-order valence-electron chi connectivity index (χ0n) is 14.5. The first-order chi connectivity index (χ1) is 13.6. The monoisotopic (exact) mass is 438 g/mol. The van der Waals surface area contributed by atoms with Crippen molar-refractivity contribution in [2.75, 3.05) is 0 Å². The molecule has 0 saturated carbocycles. The summed E-state index contributed by atoms with van der Waals surface area (Å²) in [7, 11) is 0. The number of halogens is 1. The van der Waals surface area contributed by atoms with Crippen LogP contribution in [0, 0.1) is 0 Å². The predicted octanol–water partition coefficient (Wildman–Crippen LogP) is 4.42. The average molecular weight is 439 g/mol. The van der Waals surface area contributed by atoms with Crippen LogP contribution in [-0.4, -0.2) is 18.1 Å². The molecular weight excluding hydrogens is 424 g/mol. The molecule has 3 rings (SSSR count). The molecule has 1 amide bonds. The largest absolute Gasteiger partial charge is 0.465 e. The van der Waals surface area contributed by atoms with Gasteiger partial charge >= 0.3 is 5.97 Å². The summed E-state index contributed by atoms with van der Waals surface area (Å²) in [6.45, 7) is 0. The highest BCUT2D eigenvalue weighted by Crippen LogP contribution is 2.13. The van der Waals surface area contributed by atoms with E-state index < -0.39 is 5.97 Å². The van der Waals surface area contributed by atoms with Gasteiger partial charge in [-0.2, -0.15) is 5.10 Å². The first-order valence-corrected chi connectivity index (χ1v) is 9.02. The first-order valence-electron chi connectivity index (χ1n) is 8.22. The van der Waals surface area contributed by atoms with Crippen LogP contribution in [0.1, 0.15) is 21.7 Å². The summed E-state index contributed by atoms with van der Waals surface area (Å²) in [4.78, 5) is 23.9. The number of amides is 1. The smallest absolute Gasteiger partial charge is 0.336 e. The highest BCUT2D eigenvalue weighted by molar-refractivity contribution is 9.10. The molecule has 0 radical (unpaired) electrons. The fourth-order valence-corrected chi connectivity index (χ4v) is 2.60. The minimum atomic E-state index is -0.534. The Balaban J connectivity index is 1.57. The lowest BCUT2D eigenvalue weighted by Gasteiger charge is -2.03. The maximum absolute atomic E-state index is 12.0. The van der Waals surface area contributed by atoms with Crippen molar-refractivity contribution in [3.63, 3.8) is 0 Å². The topological polar surface area (TPSA) is 80.9 Å². The zero-order valence-corrected chi connectivity index (χ0v) is 16.1. The van der Waals surface area contributed by atoms with E-state index in [2.05, 4.69) is 26.5 Å². The van der Waals surface area contributed by atoms with Crippen LogP contribution in [0.4, 0.5) is 0 Å². The maximum Gasteiger partial charge on any atom is 0.336 e. The van der Waals surface area contributed by atoms with E-state index >= 15 is 0 Å². The van der Waals surface area contributed by atoms with Gasteiger partial charge in [0.15, 0.2) is 0 Å². The van der Waals surface area contributed by atoms with Crippen LogP contribution >= 0.6 is 15.9 Å². The lowest BCUT2D eigenvalue weighted by Crippen LogP contribution is -2.17. The Bertz CT molecular complexity index is 1030. The minimum absolute atomic E-state index is 0.330. The Hall–Kier alpha value is -3.45. The number of benzene rings is 2. The van der Waals surface area contributed by atoms with E-state index in [1.807, 2.05) is 6.07 Å². The van der Waals surface area contributed by atoms with Crippen LogP contribution in [0.3, 0.4) is 0 Å². The molecule has 3 aromatic rings. The van der Waals surface area contributed by atoms with Gasteiger partial charge in [0.25, 0.3) is 5.91 Å². The second-order valence-corrected chi connectivity index (χ2v) is 6.47. The number of furan rings is 1. The molecule has 2 aromatic carbocycles. The van der Waals surface area contributed by atoms with Crippen molar-refractivity contribution in [2.45, 2.75) is 0 Å². The molecule has 0 saturated heterocycles. The van der Waals surface area contributed by atoms with Crippen LogP contribution in [0.5, 0.6) is 5.75 Å². The molecule has 0 aliphatic heterocycles. The molecule has 7 heteroatoms. The van der Waals surface area contributed by atoms with Gasteiger partial charge in [0.1, 0.15) is 11.5 Å². The molecule has 0 unspecified atom stereocenters. The van der Waals surface area contributed by atoms with Crippen LogP contribution in [0.15, 0.2) is 87.0 Å². The molecule has 6 nitrogen and oxygen atoms in total. The van der Waals surface area contributed by atoms with Crippen LogP contribution in [0.25, 0.3) is 6.08 Å². The molecule has 1 N–H and O–H groups in total. The summed E-state index contributed by atoms with van der Waals surface area (Å²) in [5, 5.41) is 3.93. The second-order valence-electron chi connectivity index (χ2n) is 5.55. The van der Waals surface area contributed by atoms with E-state index in [1.165, 1.54) is 24.6 Å². The van der Waals surface area contributed by atoms with Crippen molar-refractivity contribution in [3.8, 4) is 5.75 Å². The normalized spacial score (nSPS) is 11.0. The van der Waals surface area contributed by atoms with Crippen LogP contribution in [-0.2, 0) is 4.79 Å². The third-order valence-electron chi connectivity index (χ3n) is 3.47. The molecule has 0 aliphatic carbocycles. The van der Waals surface area contributed by atoms with Crippen molar-refractivity contribution in [3.05, 3.63) is 94.4 Å². The molecule has 140 valence electrons. The standard InChI is InChI=1S/C21H15BrN2O4/c22-17-6-2-5-16(13-17)21(26)24-23-14-15-4-1-7-19(12-15)28-20(25)10-9-18-8-3-11-27-18/h1-14H,(H,24,26)/b10-9+,23-14+. The highest BCUT2D eigenvalue weighted by Gasteiger charge is 2.04. The molecule has 0 fully saturated rings. The molecule has 28 heavy (non-hydrogen) atoms. The van der Waals surface area contributed by atoms with Gasteiger partial charge in [0, 0.05) is 16.1 Å². The summed E-state index contributed by atoms with van der Waals surface area (Å²) in [5.41, 5.74) is 3.60. The molecule has 0 aliphatic rings. The number of nitrogens with zero attached hydrogens (tertiary/aromatic N) is 1. The third kappa shape index (κ3) is 5.78. The summed E-state index contributed by atoms with van der Waals surface area (Å²) in [6, 6.07) is 17.2. The van der Waals surface area contributed by atoms with Crippen LogP contribution in [0.2, 0.25) is 0 Å². The Labute approximate surface area is 169 Å². The Morgan fingerprint density at radius 1 is 1.07 bits per heavy atom. The van der Waals surface area contributed by atoms with Gasteiger partial charge in [0.05, 0.1) is 12.5 Å². The number of ether oxygens (including phenoxy) is 1. The summed E-state index contributed by atoms with van der Waals surface area (Å²) >= 11 is 3.32. The first kappa shape index (κ1) is 19.3. The number of hydrazone groups is 1. The van der Waals surface area contributed by atoms with Crippen molar-refractivity contribution in [1.82, 2.24) is 5.43 Å². The van der Waals surface area contributed by atoms with Crippen molar-refractivity contribution in [2.24, 2.45) is 5.10 Å². The summed E-state index contributed by atoms with van der Waals surface area (Å²) in [6.07, 6.45) is 5.78. The van der Waals surface area contributed by atoms with E-state index in [-0.39, 0.29) is 5.91 Å². The SMILES string of the molecule is O=C(/C=C/c1ccco1)Oc1cccc(/C=N/NC(=O)c2cccc(Br)c2)c1. The highest BCUT2D eigenvalue weighted by atomic mass is 79.9. The summed E-state index contributed by atoms with van der Waals surface area (Å²) in [5.74, 6) is 0.0482. The van der Waals surface area contributed by atoms with E-state index in [0.717, 1.165) is 4.47 Å². The Morgan fingerprint density at radius 3 is 2.71 bits per heavy atom. The number of esters is 1. The maximum atomic E-state index is 12.0. The lowest BCUT2D eigenvalue weighted by molar-refractivity contribution is -0.128. The third-order valence-corrected chi connectivity index (χ3v) is 3.96. The number of hydrogen-bond donors (Lipinski definition) is 1. The fourth-order valence-electron chi connectivity index (χ4n) is 2.20. The molecule has 0 bridgehead atoms. The van der Waals surface area contributed by atoms with Gasteiger partial charge in [-0.05, 0) is 54.1 Å². The number of rotatable bonds is 6. The molecule has 1 aromatic heterocycles. The Kier molecular flexibility index (Phi) is 6.54. The van der Waals surface area contributed by atoms with Gasteiger partial charge in [-0.25, -0.2) is 10.2 Å². The van der Waals surface area contributed by atoms with Crippen molar-refractivity contribution >= 4 is 40.1 Å². The van der Waals surface area contributed by atoms with Crippen molar-refractivity contribution < 1.29 is 18.7 Å². The minimum Gasteiger partial charge on any atom is -0.465 e. The van der Waals surface area contributed by atoms with E-state index in [1.54, 1.807) is 54.6 Å². The van der Waals surface area contributed by atoms with Gasteiger partial charge in [0.2, 0.25) is 0 Å². The predicted molar refractivity (Wildman–Crippen MR) is 109 cm³/mol. The zero-order chi connectivity index (χ0) is 19.8.